The van der Waals surface area contributed by atoms with Crippen molar-refractivity contribution < 1.29 is 19.7 Å². The van der Waals surface area contributed by atoms with E-state index in [9.17, 15) is 10.2 Å². The van der Waals surface area contributed by atoms with Gasteiger partial charge in [-0.1, -0.05) is 6.92 Å². The lowest BCUT2D eigenvalue weighted by Crippen LogP contribution is -2.45. The number of hydrogen-bond acceptors (Lipinski definition) is 5. The predicted molar refractivity (Wildman–Crippen MR) is 78.8 cm³/mol. The summed E-state index contributed by atoms with van der Waals surface area (Å²) >= 11 is 0. The van der Waals surface area contributed by atoms with Crippen LogP contribution in [0.5, 0.6) is 0 Å². The smallest absolute Gasteiger partial charge is 0.0897 e. The highest BCUT2D eigenvalue weighted by atomic mass is 16.5. The normalized spacial score (nSPS) is 28.5. The van der Waals surface area contributed by atoms with Crippen LogP contribution in [0.3, 0.4) is 0 Å². The largest absolute Gasteiger partial charge is 0.389 e. The second-order valence-corrected chi connectivity index (χ2v) is 5.96. The number of rotatable bonds is 10. The molecule has 3 N–H and O–H groups in total. The number of nitrogens with one attached hydrogen (secondary N) is 1. The quantitative estimate of drug-likeness (QED) is 0.522. The van der Waals surface area contributed by atoms with Crippen molar-refractivity contribution in [1.82, 2.24) is 5.32 Å². The SMILES string of the molecule is CCOCCOCC(O)CNCC1(O)CCC(C)CC1. The van der Waals surface area contributed by atoms with Crippen molar-refractivity contribution in [3.05, 3.63) is 0 Å². The molecular weight excluding hydrogens is 258 g/mol. The van der Waals surface area contributed by atoms with Gasteiger partial charge in [0.2, 0.25) is 0 Å². The molecule has 0 spiro atoms. The highest BCUT2D eigenvalue weighted by molar-refractivity contribution is 4.86. The van der Waals surface area contributed by atoms with Crippen LogP contribution >= 0.6 is 0 Å². The van der Waals surface area contributed by atoms with Crippen LogP contribution in [0, 0.1) is 5.92 Å². The molecule has 0 radical (unpaired) electrons. The van der Waals surface area contributed by atoms with E-state index in [1.54, 1.807) is 0 Å². The second kappa shape index (κ2) is 9.68. The van der Waals surface area contributed by atoms with Gasteiger partial charge in [-0.2, -0.15) is 0 Å². The maximum absolute atomic E-state index is 10.4. The minimum absolute atomic E-state index is 0.301. The predicted octanol–water partition coefficient (Wildman–Crippen LogP) is 0.931. The van der Waals surface area contributed by atoms with Gasteiger partial charge < -0.3 is 25.0 Å². The van der Waals surface area contributed by atoms with E-state index in [0.29, 0.717) is 39.5 Å². The first-order valence-corrected chi connectivity index (χ1v) is 7.82. The lowest BCUT2D eigenvalue weighted by Gasteiger charge is -2.35. The van der Waals surface area contributed by atoms with E-state index in [1.807, 2.05) is 6.92 Å². The summed E-state index contributed by atoms with van der Waals surface area (Å²) in [6.07, 6.45) is 3.33. The van der Waals surface area contributed by atoms with Crippen molar-refractivity contribution in [3.63, 3.8) is 0 Å². The highest BCUT2D eigenvalue weighted by Crippen LogP contribution is 2.31. The van der Waals surface area contributed by atoms with E-state index in [0.717, 1.165) is 31.6 Å². The van der Waals surface area contributed by atoms with Crippen molar-refractivity contribution >= 4 is 0 Å². The molecule has 0 heterocycles. The molecule has 0 saturated heterocycles. The molecule has 20 heavy (non-hydrogen) atoms. The zero-order valence-corrected chi connectivity index (χ0v) is 12.9. The van der Waals surface area contributed by atoms with Crippen LogP contribution in [0.2, 0.25) is 0 Å². The minimum Gasteiger partial charge on any atom is -0.389 e. The zero-order chi connectivity index (χ0) is 14.8. The van der Waals surface area contributed by atoms with E-state index in [2.05, 4.69) is 12.2 Å². The molecule has 1 saturated carbocycles. The number of aliphatic hydroxyl groups excluding tert-OH is 1. The first-order valence-electron chi connectivity index (χ1n) is 7.82. The van der Waals surface area contributed by atoms with Gasteiger partial charge in [-0.15, -0.1) is 0 Å². The van der Waals surface area contributed by atoms with Gasteiger partial charge >= 0.3 is 0 Å². The Morgan fingerprint density at radius 1 is 1.25 bits per heavy atom. The molecule has 0 aromatic carbocycles. The summed E-state index contributed by atoms with van der Waals surface area (Å²) in [5.41, 5.74) is -0.595. The third-order valence-corrected chi connectivity index (χ3v) is 3.93. The van der Waals surface area contributed by atoms with Gasteiger partial charge in [-0.05, 0) is 38.5 Å². The summed E-state index contributed by atoms with van der Waals surface area (Å²) < 4.78 is 10.4. The average Bonchev–Trinajstić information content (AvgIpc) is 2.42. The third-order valence-electron chi connectivity index (χ3n) is 3.93. The Labute approximate surface area is 122 Å². The van der Waals surface area contributed by atoms with Crippen LogP contribution in [-0.2, 0) is 9.47 Å². The van der Waals surface area contributed by atoms with Crippen molar-refractivity contribution in [2.45, 2.75) is 51.2 Å². The van der Waals surface area contributed by atoms with E-state index in [-0.39, 0.29) is 0 Å². The molecule has 0 aromatic rings. The maximum atomic E-state index is 10.4. The van der Waals surface area contributed by atoms with Crippen LogP contribution in [0.1, 0.15) is 39.5 Å². The van der Waals surface area contributed by atoms with Gasteiger partial charge in [0.1, 0.15) is 0 Å². The summed E-state index contributed by atoms with van der Waals surface area (Å²) in [7, 11) is 0. The molecular formula is C15H31NO4. The number of aliphatic hydroxyl groups is 2. The standard InChI is InChI=1S/C15H31NO4/c1-3-19-8-9-20-11-14(17)10-16-12-15(18)6-4-13(2)5-7-15/h13-14,16-18H,3-12H2,1-2H3. The van der Waals surface area contributed by atoms with Crippen LogP contribution in [0.15, 0.2) is 0 Å². The Hall–Kier alpha value is -0.200. The monoisotopic (exact) mass is 289 g/mol. The average molecular weight is 289 g/mol. The fraction of sp³-hybridized carbons (Fsp3) is 1.00. The summed E-state index contributed by atoms with van der Waals surface area (Å²) in [6.45, 7) is 7.23. The third kappa shape index (κ3) is 7.55. The van der Waals surface area contributed by atoms with Gasteiger partial charge in [0.05, 0.1) is 31.5 Å². The lowest BCUT2D eigenvalue weighted by molar-refractivity contribution is -0.0151. The maximum Gasteiger partial charge on any atom is 0.0897 e. The second-order valence-electron chi connectivity index (χ2n) is 5.96. The molecule has 5 heteroatoms. The Morgan fingerprint density at radius 2 is 1.90 bits per heavy atom. The van der Waals surface area contributed by atoms with Crippen molar-refractivity contribution in [2.75, 3.05) is 39.5 Å². The van der Waals surface area contributed by atoms with Crippen LogP contribution in [-0.4, -0.2) is 61.4 Å². The first-order chi connectivity index (χ1) is 9.56. The molecule has 0 amide bonds. The molecule has 1 rings (SSSR count). The highest BCUT2D eigenvalue weighted by Gasteiger charge is 2.31. The molecule has 1 aliphatic rings. The molecule has 1 aliphatic carbocycles. The minimum atomic E-state index is -0.595. The van der Waals surface area contributed by atoms with Crippen molar-refractivity contribution in [2.24, 2.45) is 5.92 Å². The summed E-state index contributed by atoms with van der Waals surface area (Å²) in [5, 5.41) is 23.3. The molecule has 120 valence electrons. The summed E-state index contributed by atoms with van der Waals surface area (Å²) in [4.78, 5) is 0. The van der Waals surface area contributed by atoms with E-state index >= 15 is 0 Å². The molecule has 0 bridgehead atoms. The van der Waals surface area contributed by atoms with Gasteiger partial charge in [0.15, 0.2) is 0 Å². The van der Waals surface area contributed by atoms with Gasteiger partial charge in [0.25, 0.3) is 0 Å². The van der Waals surface area contributed by atoms with Crippen molar-refractivity contribution in [1.29, 1.82) is 0 Å². The number of ether oxygens (including phenoxy) is 2. The van der Waals surface area contributed by atoms with E-state index in [1.165, 1.54) is 0 Å². The van der Waals surface area contributed by atoms with Crippen molar-refractivity contribution in [3.8, 4) is 0 Å². The number of hydrogen-bond donors (Lipinski definition) is 3. The van der Waals surface area contributed by atoms with Gasteiger partial charge in [-0.25, -0.2) is 0 Å². The van der Waals surface area contributed by atoms with Crippen LogP contribution < -0.4 is 5.32 Å². The Bertz CT molecular complexity index is 242. The fourth-order valence-electron chi connectivity index (χ4n) is 2.49. The Morgan fingerprint density at radius 3 is 2.55 bits per heavy atom. The summed E-state index contributed by atoms with van der Waals surface area (Å²) in [5.74, 6) is 0.722. The zero-order valence-electron chi connectivity index (χ0n) is 12.9. The lowest BCUT2D eigenvalue weighted by atomic mass is 9.79. The molecule has 1 unspecified atom stereocenters. The molecule has 1 atom stereocenters. The topological polar surface area (TPSA) is 71.0 Å². The van der Waals surface area contributed by atoms with Gasteiger partial charge in [-0.3, -0.25) is 0 Å². The van der Waals surface area contributed by atoms with Crippen LogP contribution in [0.25, 0.3) is 0 Å². The molecule has 0 aromatic heterocycles. The molecule has 0 aliphatic heterocycles. The molecule has 5 nitrogen and oxygen atoms in total. The van der Waals surface area contributed by atoms with Gasteiger partial charge in [0, 0.05) is 19.7 Å². The van der Waals surface area contributed by atoms with E-state index < -0.39 is 11.7 Å². The fourth-order valence-corrected chi connectivity index (χ4v) is 2.49. The van der Waals surface area contributed by atoms with E-state index in [4.69, 9.17) is 9.47 Å². The Balaban J connectivity index is 2.02. The molecule has 1 fully saturated rings. The first kappa shape index (κ1) is 17.9. The Kier molecular flexibility index (Phi) is 8.64. The van der Waals surface area contributed by atoms with Crippen LogP contribution in [0.4, 0.5) is 0 Å². The summed E-state index contributed by atoms with van der Waals surface area (Å²) in [6, 6.07) is 0.